The fraction of sp³-hybridized carbons (Fsp3) is 0.389. The molecule has 1 unspecified atom stereocenters. The second-order valence-electron chi connectivity index (χ2n) is 5.65. The molecule has 122 valence electrons. The predicted molar refractivity (Wildman–Crippen MR) is 88.1 cm³/mol. The summed E-state index contributed by atoms with van der Waals surface area (Å²) in [5, 5.41) is 0. The molecule has 0 fully saturated rings. The van der Waals surface area contributed by atoms with Crippen LogP contribution in [0.25, 0.3) is 0 Å². The van der Waals surface area contributed by atoms with E-state index in [1.807, 2.05) is 18.2 Å². The number of rotatable bonds is 5. The molecule has 1 aliphatic rings. The minimum absolute atomic E-state index is 0.220. The van der Waals surface area contributed by atoms with Crippen molar-refractivity contribution in [3.05, 3.63) is 47.8 Å². The fourth-order valence-electron chi connectivity index (χ4n) is 2.68. The topological polar surface area (TPSA) is 43.8 Å². The standard InChI is InChI=1S/C18H22N2O3/c1-13(14-6-7-17-18(11-14)23-10-9-22-17)20(2)12-15-16(21-3)5-4-8-19-15/h4-8,11,13H,9-10,12H2,1-3H3. The predicted octanol–water partition coefficient (Wildman–Crippen LogP) is 3.05. The molecule has 1 aliphatic heterocycles. The first-order valence-electron chi connectivity index (χ1n) is 7.76. The SMILES string of the molecule is COc1cccnc1CN(C)C(C)c1ccc2c(c1)OCCO2. The van der Waals surface area contributed by atoms with Gasteiger partial charge < -0.3 is 14.2 Å². The van der Waals surface area contributed by atoms with Crippen molar-refractivity contribution >= 4 is 0 Å². The van der Waals surface area contributed by atoms with Crippen LogP contribution >= 0.6 is 0 Å². The number of benzene rings is 1. The fourth-order valence-corrected chi connectivity index (χ4v) is 2.68. The Labute approximate surface area is 136 Å². The zero-order valence-corrected chi connectivity index (χ0v) is 13.8. The van der Waals surface area contributed by atoms with Crippen LogP contribution in [0.1, 0.15) is 24.2 Å². The van der Waals surface area contributed by atoms with Crippen molar-refractivity contribution in [1.29, 1.82) is 0 Å². The van der Waals surface area contributed by atoms with E-state index in [9.17, 15) is 0 Å². The summed E-state index contributed by atoms with van der Waals surface area (Å²) in [6.45, 7) is 4.09. The number of fused-ring (bicyclic) bond motifs is 1. The van der Waals surface area contributed by atoms with Gasteiger partial charge in [-0.05, 0) is 43.8 Å². The molecule has 2 heterocycles. The molecule has 0 saturated heterocycles. The van der Waals surface area contributed by atoms with Crippen molar-refractivity contribution in [3.8, 4) is 17.2 Å². The van der Waals surface area contributed by atoms with E-state index >= 15 is 0 Å². The van der Waals surface area contributed by atoms with E-state index in [0.717, 1.165) is 22.9 Å². The molecule has 1 atom stereocenters. The zero-order valence-electron chi connectivity index (χ0n) is 13.8. The van der Waals surface area contributed by atoms with Gasteiger partial charge in [-0.2, -0.15) is 0 Å². The Morgan fingerprint density at radius 1 is 1.22 bits per heavy atom. The number of aromatic nitrogens is 1. The molecule has 0 N–H and O–H groups in total. The van der Waals surface area contributed by atoms with Crippen LogP contribution in [0.15, 0.2) is 36.5 Å². The Hall–Kier alpha value is -2.27. The van der Waals surface area contributed by atoms with E-state index in [0.29, 0.717) is 19.8 Å². The summed E-state index contributed by atoms with van der Waals surface area (Å²) < 4.78 is 16.6. The lowest BCUT2D eigenvalue weighted by Crippen LogP contribution is -2.23. The Kier molecular flexibility index (Phi) is 4.67. The molecule has 3 rings (SSSR count). The first kappa shape index (κ1) is 15.6. The van der Waals surface area contributed by atoms with Crippen LogP contribution in [0.2, 0.25) is 0 Å². The van der Waals surface area contributed by atoms with Crippen LogP contribution in [-0.4, -0.2) is 37.3 Å². The molecule has 23 heavy (non-hydrogen) atoms. The first-order valence-corrected chi connectivity index (χ1v) is 7.76. The van der Waals surface area contributed by atoms with E-state index in [-0.39, 0.29) is 6.04 Å². The molecule has 1 aromatic heterocycles. The lowest BCUT2D eigenvalue weighted by atomic mass is 10.1. The molecule has 0 spiro atoms. The Morgan fingerprint density at radius 3 is 2.78 bits per heavy atom. The normalized spacial score (nSPS) is 14.6. The smallest absolute Gasteiger partial charge is 0.161 e. The maximum atomic E-state index is 5.67. The highest BCUT2D eigenvalue weighted by molar-refractivity contribution is 5.44. The summed E-state index contributed by atoms with van der Waals surface area (Å²) >= 11 is 0. The van der Waals surface area contributed by atoms with Crippen molar-refractivity contribution in [2.24, 2.45) is 0 Å². The Morgan fingerprint density at radius 2 is 2.00 bits per heavy atom. The van der Waals surface area contributed by atoms with Gasteiger partial charge in [-0.15, -0.1) is 0 Å². The number of hydrogen-bond donors (Lipinski definition) is 0. The maximum Gasteiger partial charge on any atom is 0.161 e. The number of hydrogen-bond acceptors (Lipinski definition) is 5. The van der Waals surface area contributed by atoms with Crippen LogP contribution in [0.5, 0.6) is 17.2 Å². The lowest BCUT2D eigenvalue weighted by Gasteiger charge is -2.27. The maximum absolute atomic E-state index is 5.67. The zero-order chi connectivity index (χ0) is 16.2. The molecule has 5 heteroatoms. The van der Waals surface area contributed by atoms with Crippen LogP contribution in [0.4, 0.5) is 0 Å². The van der Waals surface area contributed by atoms with Crippen molar-refractivity contribution in [2.45, 2.75) is 19.5 Å². The summed E-state index contributed by atoms with van der Waals surface area (Å²) in [6, 6.07) is 10.2. The summed E-state index contributed by atoms with van der Waals surface area (Å²) in [6.07, 6.45) is 1.79. The Bertz CT molecular complexity index is 675. The minimum Gasteiger partial charge on any atom is -0.495 e. The highest BCUT2D eigenvalue weighted by Crippen LogP contribution is 2.34. The van der Waals surface area contributed by atoms with Crippen LogP contribution in [-0.2, 0) is 6.54 Å². The molecular weight excluding hydrogens is 292 g/mol. The van der Waals surface area contributed by atoms with Gasteiger partial charge in [0.1, 0.15) is 19.0 Å². The number of methoxy groups -OCH3 is 1. The average Bonchev–Trinajstić information content (AvgIpc) is 2.61. The molecule has 0 radical (unpaired) electrons. The first-order chi connectivity index (χ1) is 11.2. The van der Waals surface area contributed by atoms with Gasteiger partial charge in [-0.1, -0.05) is 6.07 Å². The van der Waals surface area contributed by atoms with Gasteiger partial charge in [-0.25, -0.2) is 0 Å². The number of ether oxygens (including phenoxy) is 3. The number of pyridine rings is 1. The van der Waals surface area contributed by atoms with Crippen LogP contribution in [0, 0.1) is 0 Å². The summed E-state index contributed by atoms with van der Waals surface area (Å²) in [7, 11) is 3.75. The van der Waals surface area contributed by atoms with Gasteiger partial charge in [0.25, 0.3) is 0 Å². The highest BCUT2D eigenvalue weighted by atomic mass is 16.6. The van der Waals surface area contributed by atoms with Crippen molar-refractivity contribution in [2.75, 3.05) is 27.4 Å². The van der Waals surface area contributed by atoms with E-state index in [1.165, 1.54) is 5.56 Å². The van der Waals surface area contributed by atoms with Crippen molar-refractivity contribution in [3.63, 3.8) is 0 Å². The highest BCUT2D eigenvalue weighted by Gasteiger charge is 2.18. The van der Waals surface area contributed by atoms with Crippen molar-refractivity contribution in [1.82, 2.24) is 9.88 Å². The second kappa shape index (κ2) is 6.87. The molecule has 1 aromatic carbocycles. The van der Waals surface area contributed by atoms with E-state index in [1.54, 1.807) is 13.3 Å². The Balaban J connectivity index is 1.75. The quantitative estimate of drug-likeness (QED) is 0.848. The third-order valence-electron chi connectivity index (χ3n) is 4.18. The second-order valence-corrected chi connectivity index (χ2v) is 5.65. The molecule has 2 aromatic rings. The van der Waals surface area contributed by atoms with E-state index < -0.39 is 0 Å². The molecular formula is C18H22N2O3. The van der Waals surface area contributed by atoms with Gasteiger partial charge in [0.05, 0.1) is 12.8 Å². The van der Waals surface area contributed by atoms with Gasteiger partial charge in [-0.3, -0.25) is 9.88 Å². The van der Waals surface area contributed by atoms with Crippen LogP contribution < -0.4 is 14.2 Å². The van der Waals surface area contributed by atoms with Crippen LogP contribution in [0.3, 0.4) is 0 Å². The van der Waals surface area contributed by atoms with Gasteiger partial charge >= 0.3 is 0 Å². The third kappa shape index (κ3) is 3.40. The van der Waals surface area contributed by atoms with Gasteiger partial charge in [0.2, 0.25) is 0 Å². The summed E-state index contributed by atoms with van der Waals surface area (Å²) in [4.78, 5) is 6.66. The van der Waals surface area contributed by atoms with E-state index in [2.05, 4.69) is 36.0 Å². The average molecular weight is 314 g/mol. The summed E-state index contributed by atoms with van der Waals surface area (Å²) in [5.41, 5.74) is 2.12. The molecule has 0 bridgehead atoms. The largest absolute Gasteiger partial charge is 0.495 e. The third-order valence-corrected chi connectivity index (χ3v) is 4.18. The lowest BCUT2D eigenvalue weighted by molar-refractivity contribution is 0.170. The molecule has 0 saturated carbocycles. The molecule has 0 amide bonds. The van der Waals surface area contributed by atoms with Gasteiger partial charge in [0, 0.05) is 18.8 Å². The summed E-state index contributed by atoms with van der Waals surface area (Å²) in [5.74, 6) is 2.46. The van der Waals surface area contributed by atoms with Crippen molar-refractivity contribution < 1.29 is 14.2 Å². The molecule has 5 nitrogen and oxygen atoms in total. The minimum atomic E-state index is 0.220. The van der Waals surface area contributed by atoms with Gasteiger partial charge in [0.15, 0.2) is 11.5 Å². The monoisotopic (exact) mass is 314 g/mol. The number of nitrogens with zero attached hydrogens (tertiary/aromatic N) is 2. The van der Waals surface area contributed by atoms with E-state index in [4.69, 9.17) is 14.2 Å². The molecule has 0 aliphatic carbocycles.